The van der Waals surface area contributed by atoms with Crippen molar-refractivity contribution in [1.29, 1.82) is 0 Å². The van der Waals surface area contributed by atoms with Gasteiger partial charge in [-0.1, -0.05) is 28.1 Å². The molecule has 0 aliphatic carbocycles. The summed E-state index contributed by atoms with van der Waals surface area (Å²) in [5.41, 5.74) is 0. The largest absolute Gasteiger partial charge is 0.351 e. The van der Waals surface area contributed by atoms with Crippen molar-refractivity contribution in [2.75, 3.05) is 6.54 Å². The molecule has 0 saturated carbocycles. The van der Waals surface area contributed by atoms with Gasteiger partial charge in [-0.3, -0.25) is 4.79 Å². The summed E-state index contributed by atoms with van der Waals surface area (Å²) in [7, 11) is 0. The molecule has 1 aliphatic heterocycles. The standard InChI is InChI=1S/C5H6BrNO/c6-4-2-1-3-7-5(4)8/h1-2,4H,3H2,(H,7,8). The number of alkyl halides is 1. The molecule has 1 atom stereocenters. The van der Waals surface area contributed by atoms with Crippen LogP contribution in [0.3, 0.4) is 0 Å². The summed E-state index contributed by atoms with van der Waals surface area (Å²) < 4.78 is 0. The van der Waals surface area contributed by atoms with E-state index in [-0.39, 0.29) is 10.7 Å². The first kappa shape index (κ1) is 5.82. The van der Waals surface area contributed by atoms with Crippen molar-refractivity contribution in [2.24, 2.45) is 0 Å². The van der Waals surface area contributed by atoms with E-state index in [2.05, 4.69) is 21.2 Å². The first-order chi connectivity index (χ1) is 3.80. The van der Waals surface area contributed by atoms with Gasteiger partial charge in [-0.15, -0.1) is 0 Å². The van der Waals surface area contributed by atoms with Gasteiger partial charge in [0.25, 0.3) is 0 Å². The van der Waals surface area contributed by atoms with Gasteiger partial charge in [0.15, 0.2) is 0 Å². The van der Waals surface area contributed by atoms with Gasteiger partial charge in [0.2, 0.25) is 5.91 Å². The van der Waals surface area contributed by atoms with Crippen LogP contribution in [-0.4, -0.2) is 17.3 Å². The number of carbonyl (C=O) groups is 1. The molecule has 0 bridgehead atoms. The number of hydrogen-bond donors (Lipinski definition) is 1. The Morgan fingerprint density at radius 3 is 3.00 bits per heavy atom. The molecular formula is C5H6BrNO. The van der Waals surface area contributed by atoms with Crippen molar-refractivity contribution in [3.63, 3.8) is 0 Å². The van der Waals surface area contributed by atoms with E-state index in [0.29, 0.717) is 6.54 Å². The van der Waals surface area contributed by atoms with E-state index in [0.717, 1.165) is 0 Å². The first-order valence-corrected chi connectivity index (χ1v) is 3.31. The number of carbonyl (C=O) groups excluding carboxylic acids is 1. The fourth-order valence-electron chi connectivity index (χ4n) is 0.532. The summed E-state index contributed by atoms with van der Waals surface area (Å²) in [6.07, 6.45) is 3.75. The lowest BCUT2D eigenvalue weighted by atomic mass is 10.3. The Hall–Kier alpha value is -0.310. The van der Waals surface area contributed by atoms with E-state index in [9.17, 15) is 4.79 Å². The summed E-state index contributed by atoms with van der Waals surface area (Å²) >= 11 is 3.15. The summed E-state index contributed by atoms with van der Waals surface area (Å²) in [5.74, 6) is 0.0486. The number of halogens is 1. The summed E-state index contributed by atoms with van der Waals surface area (Å²) in [6, 6.07) is 0. The van der Waals surface area contributed by atoms with Crippen LogP contribution in [0, 0.1) is 0 Å². The molecule has 44 valence electrons. The number of amides is 1. The Kier molecular flexibility index (Phi) is 1.68. The zero-order valence-electron chi connectivity index (χ0n) is 4.23. The summed E-state index contributed by atoms with van der Waals surface area (Å²) in [5, 5.41) is 2.66. The van der Waals surface area contributed by atoms with Gasteiger partial charge in [-0.05, 0) is 0 Å². The Labute approximate surface area is 56.1 Å². The zero-order valence-corrected chi connectivity index (χ0v) is 5.81. The molecular weight excluding hydrogens is 170 g/mol. The molecule has 0 aromatic heterocycles. The van der Waals surface area contributed by atoms with Crippen LogP contribution < -0.4 is 5.32 Å². The molecule has 2 nitrogen and oxygen atoms in total. The van der Waals surface area contributed by atoms with Gasteiger partial charge in [0, 0.05) is 6.54 Å². The van der Waals surface area contributed by atoms with E-state index in [1.165, 1.54) is 0 Å². The van der Waals surface area contributed by atoms with Crippen LogP contribution in [0.15, 0.2) is 12.2 Å². The van der Waals surface area contributed by atoms with Crippen LogP contribution in [-0.2, 0) is 4.79 Å². The molecule has 1 unspecified atom stereocenters. The van der Waals surface area contributed by atoms with E-state index in [4.69, 9.17) is 0 Å². The summed E-state index contributed by atoms with van der Waals surface area (Å²) in [4.78, 5) is 10.5. The first-order valence-electron chi connectivity index (χ1n) is 2.39. The number of rotatable bonds is 0. The van der Waals surface area contributed by atoms with Crippen LogP contribution in [0.1, 0.15) is 0 Å². The van der Waals surface area contributed by atoms with Crippen LogP contribution in [0.4, 0.5) is 0 Å². The van der Waals surface area contributed by atoms with Gasteiger partial charge >= 0.3 is 0 Å². The van der Waals surface area contributed by atoms with Gasteiger partial charge in [0.05, 0.1) is 0 Å². The molecule has 8 heavy (non-hydrogen) atoms. The van der Waals surface area contributed by atoms with Crippen LogP contribution in [0.5, 0.6) is 0 Å². The quantitative estimate of drug-likeness (QED) is 0.421. The zero-order chi connectivity index (χ0) is 5.98. The number of nitrogens with one attached hydrogen (secondary N) is 1. The Morgan fingerprint density at radius 1 is 1.88 bits per heavy atom. The lowest BCUT2D eigenvalue weighted by Gasteiger charge is -2.09. The van der Waals surface area contributed by atoms with Crippen molar-refractivity contribution in [3.05, 3.63) is 12.2 Å². The lowest BCUT2D eigenvalue weighted by Crippen LogP contribution is -2.33. The molecule has 1 amide bonds. The van der Waals surface area contributed by atoms with Crippen LogP contribution >= 0.6 is 15.9 Å². The van der Waals surface area contributed by atoms with E-state index in [1.54, 1.807) is 0 Å². The molecule has 0 spiro atoms. The third-order valence-electron chi connectivity index (χ3n) is 0.950. The number of hydrogen-bond acceptors (Lipinski definition) is 1. The van der Waals surface area contributed by atoms with Crippen LogP contribution in [0.2, 0.25) is 0 Å². The monoisotopic (exact) mass is 175 g/mol. The normalized spacial score (nSPS) is 27.6. The minimum Gasteiger partial charge on any atom is -0.351 e. The average molecular weight is 176 g/mol. The van der Waals surface area contributed by atoms with E-state index < -0.39 is 0 Å². The molecule has 1 rings (SSSR count). The molecule has 0 saturated heterocycles. The maximum Gasteiger partial charge on any atom is 0.237 e. The molecule has 0 aromatic carbocycles. The van der Waals surface area contributed by atoms with Crippen LogP contribution in [0.25, 0.3) is 0 Å². The van der Waals surface area contributed by atoms with Crippen molar-refractivity contribution in [3.8, 4) is 0 Å². The van der Waals surface area contributed by atoms with Gasteiger partial charge in [0.1, 0.15) is 4.83 Å². The van der Waals surface area contributed by atoms with Crippen molar-refractivity contribution in [1.82, 2.24) is 5.32 Å². The minimum atomic E-state index is -0.115. The third kappa shape index (κ3) is 1.10. The topological polar surface area (TPSA) is 29.1 Å². The Balaban J connectivity index is 2.60. The Bertz CT molecular complexity index is 132. The fraction of sp³-hybridized carbons (Fsp3) is 0.400. The average Bonchev–Trinajstić information content (AvgIpc) is 1.77. The predicted octanol–water partition coefficient (Wildman–Crippen LogP) is 0.436. The van der Waals surface area contributed by atoms with Crippen molar-refractivity contribution >= 4 is 21.8 Å². The minimum absolute atomic E-state index is 0.0486. The highest BCUT2D eigenvalue weighted by Gasteiger charge is 2.12. The van der Waals surface area contributed by atoms with E-state index in [1.807, 2.05) is 12.2 Å². The molecule has 0 aromatic rings. The molecule has 3 heteroatoms. The Morgan fingerprint density at radius 2 is 2.62 bits per heavy atom. The van der Waals surface area contributed by atoms with Crippen molar-refractivity contribution in [2.45, 2.75) is 4.83 Å². The molecule has 0 fully saturated rings. The summed E-state index contributed by atoms with van der Waals surface area (Å²) in [6.45, 7) is 0.668. The second kappa shape index (κ2) is 2.31. The second-order valence-electron chi connectivity index (χ2n) is 1.58. The molecule has 0 radical (unpaired) electrons. The van der Waals surface area contributed by atoms with Gasteiger partial charge in [-0.25, -0.2) is 0 Å². The highest BCUT2D eigenvalue weighted by atomic mass is 79.9. The highest BCUT2D eigenvalue weighted by molar-refractivity contribution is 9.10. The third-order valence-corrected chi connectivity index (χ3v) is 1.67. The molecule has 1 heterocycles. The maximum atomic E-state index is 10.6. The highest BCUT2D eigenvalue weighted by Crippen LogP contribution is 2.03. The SMILES string of the molecule is O=C1NCC=CC1Br. The molecule has 1 N–H and O–H groups in total. The maximum absolute atomic E-state index is 10.6. The van der Waals surface area contributed by atoms with E-state index >= 15 is 0 Å². The van der Waals surface area contributed by atoms with Crippen molar-refractivity contribution < 1.29 is 4.79 Å². The lowest BCUT2D eigenvalue weighted by molar-refractivity contribution is -0.119. The van der Waals surface area contributed by atoms with Gasteiger partial charge < -0.3 is 5.32 Å². The van der Waals surface area contributed by atoms with Gasteiger partial charge in [-0.2, -0.15) is 0 Å². The smallest absolute Gasteiger partial charge is 0.237 e. The second-order valence-corrected chi connectivity index (χ2v) is 2.56. The molecule has 1 aliphatic rings. The predicted molar refractivity (Wildman–Crippen MR) is 34.9 cm³/mol. The fourth-order valence-corrected chi connectivity index (χ4v) is 0.910.